The molecule has 4 atom stereocenters. The third-order valence-corrected chi connectivity index (χ3v) is 11.3. The second kappa shape index (κ2) is 12.4. The summed E-state index contributed by atoms with van der Waals surface area (Å²) < 4.78 is 37.8. The smallest absolute Gasteiger partial charge is 0.319 e. The van der Waals surface area contributed by atoms with Gasteiger partial charge >= 0.3 is 6.01 Å². The van der Waals surface area contributed by atoms with Crippen LogP contribution in [0.15, 0.2) is 60.9 Å². The Morgan fingerprint density at radius 2 is 1.94 bits per heavy atom. The molecular weight excluding hydrogens is 672 g/mol. The van der Waals surface area contributed by atoms with Crippen LogP contribution in [0.5, 0.6) is 6.01 Å². The summed E-state index contributed by atoms with van der Waals surface area (Å²) in [7, 11) is 0. The zero-order valence-corrected chi connectivity index (χ0v) is 28.8. The Hall–Kier alpha value is -4.81. The summed E-state index contributed by atoms with van der Waals surface area (Å²) in [5.74, 6) is 1.04. The van der Waals surface area contributed by atoms with Gasteiger partial charge in [-0.25, -0.2) is 18.7 Å². The number of alkyl halides is 1. The number of nitrogens with one attached hydrogen (secondary N) is 1. The SMILES string of the molecule is Cc1nccc(/C=C/C(=N)N2C[C@H]3C[C@@H]2CN3c2nc(OC[C@@]34CCCN3C[C@H](F)C4)nc3c(F)c(-c4cccc5cccc(Cl)c45)ncc23)n1. The predicted molar refractivity (Wildman–Crippen MR) is 194 cm³/mol. The summed E-state index contributed by atoms with van der Waals surface area (Å²) in [6, 6.07) is 13.2. The number of ether oxygens (including phenoxy) is 1. The summed E-state index contributed by atoms with van der Waals surface area (Å²) in [6.07, 6.45) is 9.09. The first-order valence-corrected chi connectivity index (χ1v) is 17.8. The molecule has 0 radical (unpaired) electrons. The fourth-order valence-corrected chi connectivity index (χ4v) is 8.97. The van der Waals surface area contributed by atoms with Gasteiger partial charge in [0.05, 0.1) is 28.7 Å². The third-order valence-electron chi connectivity index (χ3n) is 11.0. The van der Waals surface area contributed by atoms with Crippen molar-refractivity contribution in [2.75, 3.05) is 37.7 Å². The van der Waals surface area contributed by atoms with Gasteiger partial charge in [0.2, 0.25) is 0 Å². The topological polar surface area (TPSA) is 107 Å². The monoisotopic (exact) mass is 707 g/mol. The van der Waals surface area contributed by atoms with Gasteiger partial charge in [0.25, 0.3) is 0 Å². The number of fused-ring (bicyclic) bond motifs is 5. The van der Waals surface area contributed by atoms with Gasteiger partial charge in [-0.15, -0.1) is 0 Å². The Bertz CT molecular complexity index is 2230. The van der Waals surface area contributed by atoms with Gasteiger partial charge in [-0.05, 0) is 62.4 Å². The molecule has 0 spiro atoms. The highest BCUT2D eigenvalue weighted by atomic mass is 35.5. The van der Waals surface area contributed by atoms with Crippen LogP contribution in [0, 0.1) is 18.2 Å². The van der Waals surface area contributed by atoms with Crippen molar-refractivity contribution < 1.29 is 13.5 Å². The molecule has 3 aromatic heterocycles. The Kier molecular flexibility index (Phi) is 7.84. The first kappa shape index (κ1) is 32.1. The van der Waals surface area contributed by atoms with Gasteiger partial charge in [0.1, 0.15) is 41.5 Å². The summed E-state index contributed by atoms with van der Waals surface area (Å²) in [4.78, 5) is 29.2. The molecule has 51 heavy (non-hydrogen) atoms. The lowest BCUT2D eigenvalue weighted by Gasteiger charge is -2.36. The lowest BCUT2D eigenvalue weighted by atomic mass is 9.95. The summed E-state index contributed by atoms with van der Waals surface area (Å²) >= 11 is 6.64. The number of benzene rings is 2. The lowest BCUT2D eigenvalue weighted by Crippen LogP contribution is -2.48. The van der Waals surface area contributed by atoms with E-state index in [1.54, 1.807) is 24.5 Å². The van der Waals surface area contributed by atoms with E-state index in [-0.39, 0.29) is 35.9 Å². The maximum atomic E-state index is 16.9. The quantitative estimate of drug-likeness (QED) is 0.147. The number of hydrogen-bond donors (Lipinski definition) is 1. The van der Waals surface area contributed by atoms with Crippen LogP contribution in [0.1, 0.15) is 37.2 Å². The van der Waals surface area contributed by atoms with Crippen molar-refractivity contribution in [1.82, 2.24) is 34.7 Å². The van der Waals surface area contributed by atoms with Crippen LogP contribution in [-0.4, -0.2) is 97.1 Å². The molecule has 0 amide bonds. The second-order valence-corrected chi connectivity index (χ2v) is 14.5. The summed E-state index contributed by atoms with van der Waals surface area (Å²) in [5, 5.41) is 11.4. The maximum absolute atomic E-state index is 16.9. The largest absolute Gasteiger partial charge is 0.461 e. The maximum Gasteiger partial charge on any atom is 0.319 e. The molecule has 13 heteroatoms. The Balaban J connectivity index is 1.07. The van der Waals surface area contributed by atoms with E-state index in [2.05, 4.69) is 34.6 Å². The normalized spacial score (nSPS) is 24.4. The van der Waals surface area contributed by atoms with Gasteiger partial charge in [-0.1, -0.05) is 41.9 Å². The number of halogens is 3. The van der Waals surface area contributed by atoms with Crippen molar-refractivity contribution in [3.8, 4) is 17.3 Å². The van der Waals surface area contributed by atoms with E-state index in [1.807, 2.05) is 49.4 Å². The molecule has 4 fully saturated rings. The zero-order chi connectivity index (χ0) is 34.9. The minimum Gasteiger partial charge on any atom is -0.461 e. The third kappa shape index (κ3) is 5.55. The van der Waals surface area contributed by atoms with Crippen molar-refractivity contribution in [2.24, 2.45) is 0 Å². The van der Waals surface area contributed by atoms with E-state index in [1.165, 1.54) is 0 Å². The number of hydrogen-bond acceptors (Lipinski definition) is 9. The van der Waals surface area contributed by atoms with Crippen molar-refractivity contribution in [1.29, 1.82) is 5.41 Å². The van der Waals surface area contributed by atoms with Crippen LogP contribution < -0.4 is 9.64 Å². The highest BCUT2D eigenvalue weighted by molar-refractivity contribution is 6.36. The van der Waals surface area contributed by atoms with Crippen molar-refractivity contribution in [3.63, 3.8) is 0 Å². The zero-order valence-electron chi connectivity index (χ0n) is 28.1. The molecule has 0 unspecified atom stereocenters. The van der Waals surface area contributed by atoms with Gasteiger partial charge in [-0.2, -0.15) is 9.97 Å². The van der Waals surface area contributed by atoms with Gasteiger partial charge in [0, 0.05) is 54.4 Å². The van der Waals surface area contributed by atoms with Gasteiger partial charge in [0.15, 0.2) is 5.82 Å². The Morgan fingerprint density at radius 3 is 2.76 bits per heavy atom. The van der Waals surface area contributed by atoms with E-state index in [9.17, 15) is 4.39 Å². The minimum atomic E-state index is -0.901. The lowest BCUT2D eigenvalue weighted by molar-refractivity contribution is 0.107. The van der Waals surface area contributed by atoms with Crippen molar-refractivity contribution in [3.05, 3.63) is 83.3 Å². The summed E-state index contributed by atoms with van der Waals surface area (Å²) in [5.41, 5.74) is 1.15. The molecule has 0 aliphatic carbocycles. The Morgan fingerprint density at radius 1 is 1.08 bits per heavy atom. The number of rotatable bonds is 7. The number of pyridine rings is 1. The highest BCUT2D eigenvalue weighted by Gasteiger charge is 2.50. The number of anilines is 1. The molecule has 2 aromatic carbocycles. The Labute approximate surface area is 298 Å². The molecule has 0 saturated carbocycles. The average Bonchev–Trinajstić information content (AvgIpc) is 3.90. The van der Waals surface area contributed by atoms with Crippen LogP contribution in [0.25, 0.3) is 39.0 Å². The molecule has 9 rings (SSSR count). The first-order chi connectivity index (χ1) is 24.8. The van der Waals surface area contributed by atoms with E-state index < -0.39 is 17.5 Å². The number of piperazine rings is 1. The van der Waals surface area contributed by atoms with Crippen LogP contribution in [0.3, 0.4) is 0 Å². The van der Waals surface area contributed by atoms with E-state index >= 15 is 4.39 Å². The van der Waals surface area contributed by atoms with E-state index in [4.69, 9.17) is 26.7 Å². The van der Waals surface area contributed by atoms with Gasteiger partial charge in [-0.3, -0.25) is 15.3 Å². The standard InChI is InChI=1S/C38H36ClF2N9O/c1-22-43-13-11-25(45-22)9-10-31(42)49-19-27-15-26(49)20-50(27)36-29-17-44-34(28-7-2-5-23-6-3-8-30(39)32(23)28)33(41)35(29)46-37(47-36)51-21-38-12-4-14-48(38)18-24(40)16-38/h2-3,5-11,13,17,24,26-27,42H,4,12,14-16,18-21H2,1H3/b10-9+,42-31?/t24-,26-,27-,38+/m1/s1. The average molecular weight is 708 g/mol. The molecule has 4 aliphatic heterocycles. The predicted octanol–water partition coefficient (Wildman–Crippen LogP) is 6.64. The highest BCUT2D eigenvalue weighted by Crippen LogP contribution is 2.43. The molecule has 4 aliphatic rings. The second-order valence-electron chi connectivity index (χ2n) is 14.1. The fraction of sp³-hybridized carbons (Fsp3) is 0.368. The molecule has 10 nitrogen and oxygen atoms in total. The molecule has 4 saturated heterocycles. The molecule has 260 valence electrons. The first-order valence-electron chi connectivity index (χ1n) is 17.4. The van der Waals surface area contributed by atoms with Crippen molar-refractivity contribution >= 4 is 51.0 Å². The number of nitrogens with zero attached hydrogens (tertiary/aromatic N) is 8. The van der Waals surface area contributed by atoms with Crippen LogP contribution in [-0.2, 0) is 0 Å². The summed E-state index contributed by atoms with van der Waals surface area (Å²) in [6.45, 7) is 4.50. The molecule has 5 aromatic rings. The molecule has 1 N–H and O–H groups in total. The van der Waals surface area contributed by atoms with E-state index in [0.29, 0.717) is 64.9 Å². The minimum absolute atomic E-state index is 0.0293. The number of likely N-dealkylation sites (tertiary alicyclic amines) is 1. The van der Waals surface area contributed by atoms with Crippen molar-refractivity contribution in [2.45, 2.75) is 56.4 Å². The number of aromatic nitrogens is 5. The number of amidine groups is 1. The van der Waals surface area contributed by atoms with Crippen LogP contribution in [0.4, 0.5) is 14.6 Å². The van der Waals surface area contributed by atoms with Crippen LogP contribution >= 0.6 is 11.6 Å². The van der Waals surface area contributed by atoms with Gasteiger partial charge < -0.3 is 14.5 Å². The number of aryl methyl sites for hydroxylation is 1. The molecule has 7 heterocycles. The van der Waals surface area contributed by atoms with E-state index in [0.717, 1.165) is 36.9 Å². The molecule has 2 bridgehead atoms. The molecular formula is C38H36ClF2N9O. The van der Waals surface area contributed by atoms with Crippen LogP contribution in [0.2, 0.25) is 5.02 Å². The fourth-order valence-electron chi connectivity index (χ4n) is 8.68.